The number of ether oxygens (including phenoxy) is 1. The number of aromatic nitrogens is 2. The molecule has 2 aromatic heterocycles. The Kier molecular flexibility index (Phi) is 8.66. The molecule has 270 valence electrons. The number of esters is 1. The van der Waals surface area contributed by atoms with Crippen molar-refractivity contribution in [3.8, 4) is 11.6 Å². The topological polar surface area (TPSA) is 189 Å². The molecule has 0 saturated heterocycles. The fourth-order valence-electron chi connectivity index (χ4n) is 7.05. The van der Waals surface area contributed by atoms with Crippen LogP contribution in [0.5, 0.6) is 0 Å². The van der Waals surface area contributed by atoms with Crippen LogP contribution in [0.25, 0.3) is 22.4 Å². The number of carbonyl (C=O) groups excluding carboxylic acids is 3. The normalized spacial score (nSPS) is 21.9. The number of nitrogens with one attached hydrogen (secondary N) is 3. The highest BCUT2D eigenvalue weighted by Crippen LogP contribution is 2.54. The van der Waals surface area contributed by atoms with E-state index in [1.165, 1.54) is 7.11 Å². The van der Waals surface area contributed by atoms with Gasteiger partial charge in [0.1, 0.15) is 36.1 Å². The molecule has 5 N–H and O–H groups in total. The van der Waals surface area contributed by atoms with Crippen LogP contribution < -0.4 is 16.0 Å². The molecule has 52 heavy (non-hydrogen) atoms. The second-order valence-electron chi connectivity index (χ2n) is 14.8. The summed E-state index contributed by atoms with van der Waals surface area (Å²) in [5.41, 5.74) is 0.348. The minimum Gasteiger partial charge on any atom is -0.464 e. The van der Waals surface area contributed by atoms with Gasteiger partial charge in [0.25, 0.3) is 0 Å². The van der Waals surface area contributed by atoms with Crippen molar-refractivity contribution in [3.63, 3.8) is 0 Å². The number of anilines is 1. The smallest absolute Gasteiger partial charge is 0.360 e. The van der Waals surface area contributed by atoms with E-state index in [9.17, 15) is 24.6 Å². The van der Waals surface area contributed by atoms with Gasteiger partial charge < -0.3 is 39.7 Å². The Morgan fingerprint density at radius 3 is 2.50 bits per heavy atom. The Bertz CT molecular complexity index is 2200. The highest BCUT2D eigenvalue weighted by Gasteiger charge is 2.55. The average molecular weight is 708 g/mol. The lowest BCUT2D eigenvalue weighted by Crippen LogP contribution is -2.53. The Labute approximate surface area is 299 Å². The largest absolute Gasteiger partial charge is 0.464 e. The molecule has 0 spiro atoms. The number of aliphatic hydroxyl groups is 2. The molecule has 0 saturated carbocycles. The van der Waals surface area contributed by atoms with Gasteiger partial charge in [0.15, 0.2) is 17.1 Å². The molecular formula is C39H41N5O8. The van der Waals surface area contributed by atoms with E-state index >= 15 is 0 Å². The summed E-state index contributed by atoms with van der Waals surface area (Å²) in [4.78, 5) is 49.2. The summed E-state index contributed by atoms with van der Waals surface area (Å²) in [5, 5.41) is 33.9. The molecule has 5 atom stereocenters. The van der Waals surface area contributed by atoms with Crippen molar-refractivity contribution in [2.24, 2.45) is 11.3 Å². The van der Waals surface area contributed by atoms with E-state index in [-0.39, 0.29) is 41.3 Å². The summed E-state index contributed by atoms with van der Waals surface area (Å²) in [6.07, 6.45) is -1.42. The highest BCUT2D eigenvalue weighted by molar-refractivity contribution is 5.90. The molecule has 13 nitrogen and oxygen atoms in total. The zero-order chi connectivity index (χ0) is 37.1. The minimum atomic E-state index is -1.48. The quantitative estimate of drug-likeness (QED) is 0.155. The summed E-state index contributed by atoms with van der Waals surface area (Å²) >= 11 is 0. The number of aliphatic hydroxyl groups excluding tert-OH is 2. The van der Waals surface area contributed by atoms with Crippen molar-refractivity contribution in [1.29, 1.82) is 0 Å². The summed E-state index contributed by atoms with van der Waals surface area (Å²) < 4.78 is 17.5. The molecule has 0 fully saturated rings. The first-order valence-corrected chi connectivity index (χ1v) is 17.1. The highest BCUT2D eigenvalue weighted by atomic mass is 16.5. The van der Waals surface area contributed by atoms with Gasteiger partial charge in [-0.1, -0.05) is 83.1 Å². The van der Waals surface area contributed by atoms with Crippen LogP contribution >= 0.6 is 0 Å². The molecule has 2 aliphatic heterocycles. The van der Waals surface area contributed by atoms with Gasteiger partial charge in [0.2, 0.25) is 23.6 Å². The monoisotopic (exact) mass is 707 g/mol. The first kappa shape index (κ1) is 34.9. The first-order valence-electron chi connectivity index (χ1n) is 17.1. The predicted molar refractivity (Wildman–Crippen MR) is 190 cm³/mol. The van der Waals surface area contributed by atoms with E-state index in [4.69, 9.17) is 18.6 Å². The summed E-state index contributed by atoms with van der Waals surface area (Å²) in [6, 6.07) is 17.2. The number of benzene rings is 3. The number of amides is 2. The van der Waals surface area contributed by atoms with Gasteiger partial charge in [-0.25, -0.2) is 14.8 Å². The second-order valence-corrected chi connectivity index (χ2v) is 14.8. The van der Waals surface area contributed by atoms with Gasteiger partial charge in [-0.05, 0) is 50.9 Å². The van der Waals surface area contributed by atoms with Gasteiger partial charge in [-0.3, -0.25) is 9.59 Å². The number of hydrogen-bond acceptors (Lipinski definition) is 11. The Morgan fingerprint density at radius 2 is 1.79 bits per heavy atom. The molecule has 0 radical (unpaired) electrons. The number of rotatable bonds is 6. The molecule has 5 aromatic rings. The fraction of sp³-hybridized carbons (Fsp3) is 0.359. The number of carbonyl (C=O) groups is 3. The van der Waals surface area contributed by atoms with Gasteiger partial charge >= 0.3 is 5.97 Å². The molecule has 0 aliphatic carbocycles. The number of oxazole rings is 2. The molecule has 4 bridgehead atoms. The minimum absolute atomic E-state index is 0.0657. The van der Waals surface area contributed by atoms with Crippen LogP contribution in [0.15, 0.2) is 75.8 Å². The predicted octanol–water partition coefficient (Wildman–Crippen LogP) is 4.61. The summed E-state index contributed by atoms with van der Waals surface area (Å²) in [6.45, 7) is 9.12. The number of nitrogens with zero attached hydrogens (tertiary/aromatic N) is 2. The Balaban J connectivity index is 1.53. The van der Waals surface area contributed by atoms with Crippen molar-refractivity contribution in [3.05, 3.63) is 101 Å². The van der Waals surface area contributed by atoms with E-state index < -0.39 is 53.0 Å². The van der Waals surface area contributed by atoms with E-state index in [1.54, 1.807) is 19.9 Å². The summed E-state index contributed by atoms with van der Waals surface area (Å²) in [5.74, 6) is -2.12. The third-order valence-electron chi connectivity index (χ3n) is 9.89. The van der Waals surface area contributed by atoms with Crippen LogP contribution in [0.4, 0.5) is 5.69 Å². The van der Waals surface area contributed by atoms with Crippen LogP contribution in [-0.4, -0.2) is 63.4 Å². The van der Waals surface area contributed by atoms with Crippen LogP contribution in [0, 0.1) is 11.3 Å². The van der Waals surface area contributed by atoms with Crippen LogP contribution in [0.2, 0.25) is 0 Å². The molecule has 2 amide bonds. The number of methoxy groups -OCH3 is 1. The lowest BCUT2D eigenvalue weighted by Gasteiger charge is -2.34. The maximum absolute atomic E-state index is 14.2. The second kappa shape index (κ2) is 12.9. The van der Waals surface area contributed by atoms with Gasteiger partial charge in [0, 0.05) is 12.1 Å². The molecule has 2 aliphatic rings. The van der Waals surface area contributed by atoms with Crippen LogP contribution in [0.1, 0.15) is 79.5 Å². The van der Waals surface area contributed by atoms with E-state index in [2.05, 4.69) is 20.9 Å². The maximum Gasteiger partial charge on any atom is 0.360 e. The fourth-order valence-corrected chi connectivity index (χ4v) is 7.05. The molecule has 13 heteroatoms. The third-order valence-corrected chi connectivity index (χ3v) is 9.89. The van der Waals surface area contributed by atoms with Crippen LogP contribution in [0.3, 0.4) is 0 Å². The van der Waals surface area contributed by atoms with Gasteiger partial charge in [-0.15, -0.1) is 0 Å². The molecular weight excluding hydrogens is 666 g/mol. The molecule has 7 rings (SSSR count). The number of hydrogen-bond donors (Lipinski definition) is 5. The average Bonchev–Trinajstić information content (AvgIpc) is 3.84. The maximum atomic E-state index is 14.2. The summed E-state index contributed by atoms with van der Waals surface area (Å²) in [7, 11) is 1.23. The first-order chi connectivity index (χ1) is 24.7. The van der Waals surface area contributed by atoms with Crippen molar-refractivity contribution in [1.82, 2.24) is 20.6 Å². The Morgan fingerprint density at radius 1 is 1.04 bits per heavy atom. The van der Waals surface area contributed by atoms with Gasteiger partial charge in [-0.2, -0.15) is 0 Å². The van der Waals surface area contributed by atoms with Crippen molar-refractivity contribution >= 4 is 34.2 Å². The lowest BCUT2D eigenvalue weighted by molar-refractivity contribution is -0.136. The zero-order valence-electron chi connectivity index (χ0n) is 29.7. The van der Waals surface area contributed by atoms with Crippen molar-refractivity contribution in [2.75, 3.05) is 12.4 Å². The van der Waals surface area contributed by atoms with E-state index in [0.29, 0.717) is 22.4 Å². The number of fused-ring (bicyclic) bond motifs is 5. The standard InChI is InChI=1S/C39H41N5O8/c1-19(2)29(45)33(47)40-26-16-20-11-14-25-24(15-20)39(37(49)42-25,23-13-12-21-9-7-8-10-22(21)17-23)31-28(34-41-27(18-51-34)36(48)50-6)43-35(52-31)30(38(3,4)5)44-32(26)46/h7-15,17-19,26,29-30,37,42,45,49H,16H2,1-6H3,(H,40,47)(H,44,46)/t26-,29-,30+,37?,39-/m0/s1. The SMILES string of the molecule is COC(=O)c1coc(-c2nc3oc2[C@]2(c4ccc5ccccc5c4)c4cc(ccc4NC2O)C[C@H](NC(=O)[C@@H](O)C(C)C)C(=O)N[C@H]3C(C)(C)C)n1. The van der Waals surface area contributed by atoms with Gasteiger partial charge in [0.05, 0.1) is 7.11 Å². The molecule has 4 heterocycles. The van der Waals surface area contributed by atoms with Crippen LogP contribution in [-0.2, 0) is 26.2 Å². The lowest BCUT2D eigenvalue weighted by atomic mass is 9.71. The van der Waals surface area contributed by atoms with Crippen molar-refractivity contribution in [2.45, 2.75) is 70.9 Å². The third kappa shape index (κ3) is 5.79. The molecule has 3 aromatic carbocycles. The Hall–Kier alpha value is -5.53. The van der Waals surface area contributed by atoms with E-state index in [1.807, 2.05) is 75.4 Å². The molecule has 1 unspecified atom stereocenters. The van der Waals surface area contributed by atoms with E-state index in [0.717, 1.165) is 17.0 Å². The zero-order valence-corrected chi connectivity index (χ0v) is 29.7. The van der Waals surface area contributed by atoms with Crippen molar-refractivity contribution < 1.29 is 38.2 Å².